The highest BCUT2D eigenvalue weighted by molar-refractivity contribution is 5.98. The van der Waals surface area contributed by atoms with Crippen LogP contribution in [0.25, 0.3) is 0 Å². The maximum atomic E-state index is 11.9. The molecule has 1 unspecified atom stereocenters. The molecule has 2 rings (SSSR count). The lowest BCUT2D eigenvalue weighted by Crippen LogP contribution is -2.57. The van der Waals surface area contributed by atoms with Gasteiger partial charge in [-0.15, -0.1) is 0 Å². The first-order chi connectivity index (χ1) is 7.54. The third-order valence-corrected chi connectivity index (χ3v) is 2.93. The van der Waals surface area contributed by atoms with Crippen molar-refractivity contribution in [3.8, 4) is 5.75 Å². The second-order valence-corrected chi connectivity index (χ2v) is 4.45. The zero-order valence-corrected chi connectivity index (χ0v) is 9.70. The molecule has 86 valence electrons. The van der Waals surface area contributed by atoms with Gasteiger partial charge in [-0.25, -0.2) is 0 Å². The summed E-state index contributed by atoms with van der Waals surface area (Å²) in [6.07, 6.45) is -0.521. The van der Waals surface area contributed by atoms with E-state index in [1.54, 1.807) is 0 Å². The van der Waals surface area contributed by atoms with Gasteiger partial charge in [0.2, 0.25) is 0 Å². The fraction of sp³-hybridized carbons (Fsp3) is 0.417. The Morgan fingerprint density at radius 3 is 2.75 bits per heavy atom. The van der Waals surface area contributed by atoms with Gasteiger partial charge >= 0.3 is 0 Å². The lowest BCUT2D eigenvalue weighted by atomic mass is 9.95. The molecular weight excluding hydrogens is 204 g/mol. The molecule has 0 radical (unpaired) electrons. The van der Waals surface area contributed by atoms with Gasteiger partial charge in [0, 0.05) is 0 Å². The van der Waals surface area contributed by atoms with Gasteiger partial charge in [-0.05, 0) is 33.0 Å². The lowest BCUT2D eigenvalue weighted by molar-refractivity contribution is -0.126. The molecular formula is C12H16N2O2. The molecule has 16 heavy (non-hydrogen) atoms. The monoisotopic (exact) mass is 220 g/mol. The van der Waals surface area contributed by atoms with Crippen molar-refractivity contribution < 1.29 is 9.53 Å². The van der Waals surface area contributed by atoms with Crippen molar-refractivity contribution >= 4 is 11.6 Å². The maximum Gasteiger partial charge on any atom is 0.267 e. The molecule has 1 heterocycles. The summed E-state index contributed by atoms with van der Waals surface area (Å²) >= 11 is 0. The van der Waals surface area contributed by atoms with Gasteiger partial charge in [0.1, 0.15) is 5.75 Å². The zero-order valence-electron chi connectivity index (χ0n) is 9.70. The summed E-state index contributed by atoms with van der Waals surface area (Å²) in [5.74, 6) is 0.605. The minimum atomic E-state index is -0.521. The van der Waals surface area contributed by atoms with Crippen molar-refractivity contribution in [2.75, 3.05) is 12.4 Å². The second-order valence-electron chi connectivity index (χ2n) is 4.45. The fourth-order valence-corrected chi connectivity index (χ4v) is 1.66. The van der Waals surface area contributed by atoms with Crippen LogP contribution in [0, 0.1) is 0 Å². The van der Waals surface area contributed by atoms with Crippen LogP contribution in [0.5, 0.6) is 5.75 Å². The van der Waals surface area contributed by atoms with Gasteiger partial charge in [-0.1, -0.05) is 12.1 Å². The standard InChI is InChI=1S/C12H16N2O2/c1-12(2,13-3)10-11(15)14-8-6-4-5-7-9(8)16-10/h4-7,10,13H,1-3H3,(H,14,15). The molecule has 2 N–H and O–H groups in total. The number of ether oxygens (including phenoxy) is 1. The van der Waals surface area contributed by atoms with E-state index in [2.05, 4.69) is 10.6 Å². The van der Waals surface area contributed by atoms with Crippen molar-refractivity contribution in [1.29, 1.82) is 0 Å². The van der Waals surface area contributed by atoms with Gasteiger partial charge in [0.25, 0.3) is 5.91 Å². The average molecular weight is 220 g/mol. The van der Waals surface area contributed by atoms with E-state index in [0.717, 1.165) is 11.4 Å². The number of hydrogen-bond acceptors (Lipinski definition) is 3. The topological polar surface area (TPSA) is 50.4 Å². The van der Waals surface area contributed by atoms with E-state index in [1.165, 1.54) is 0 Å². The number of carbonyl (C=O) groups is 1. The number of anilines is 1. The van der Waals surface area contributed by atoms with E-state index < -0.39 is 11.6 Å². The maximum absolute atomic E-state index is 11.9. The summed E-state index contributed by atoms with van der Waals surface area (Å²) in [5, 5.41) is 5.93. The molecule has 0 aliphatic carbocycles. The molecule has 1 atom stereocenters. The first-order valence-electron chi connectivity index (χ1n) is 5.30. The number of amides is 1. The third kappa shape index (κ3) is 1.76. The Morgan fingerprint density at radius 1 is 1.38 bits per heavy atom. The first kappa shape index (κ1) is 11.0. The van der Waals surface area contributed by atoms with Crippen LogP contribution >= 0.6 is 0 Å². The van der Waals surface area contributed by atoms with Crippen molar-refractivity contribution in [3.63, 3.8) is 0 Å². The second kappa shape index (κ2) is 3.79. The van der Waals surface area contributed by atoms with Gasteiger partial charge in [0.15, 0.2) is 6.10 Å². The smallest absolute Gasteiger partial charge is 0.267 e. The average Bonchev–Trinajstić information content (AvgIpc) is 2.28. The molecule has 1 aliphatic rings. The van der Waals surface area contributed by atoms with E-state index in [4.69, 9.17) is 4.74 Å². The summed E-state index contributed by atoms with van der Waals surface area (Å²) in [7, 11) is 1.82. The van der Waals surface area contributed by atoms with Gasteiger partial charge in [-0.2, -0.15) is 0 Å². The van der Waals surface area contributed by atoms with E-state index in [9.17, 15) is 4.79 Å². The number of benzene rings is 1. The van der Waals surface area contributed by atoms with Crippen LogP contribution in [0.15, 0.2) is 24.3 Å². The number of nitrogens with one attached hydrogen (secondary N) is 2. The highest BCUT2D eigenvalue weighted by Crippen LogP contribution is 2.31. The highest BCUT2D eigenvalue weighted by Gasteiger charge is 2.39. The van der Waals surface area contributed by atoms with Gasteiger partial charge < -0.3 is 15.4 Å². The Bertz CT molecular complexity index is 415. The minimum Gasteiger partial charge on any atom is -0.476 e. The van der Waals surface area contributed by atoms with Crippen LogP contribution in [0.4, 0.5) is 5.69 Å². The van der Waals surface area contributed by atoms with E-state index >= 15 is 0 Å². The first-order valence-corrected chi connectivity index (χ1v) is 5.30. The number of para-hydroxylation sites is 2. The number of carbonyl (C=O) groups excluding carboxylic acids is 1. The van der Waals surface area contributed by atoms with E-state index in [1.807, 2.05) is 45.2 Å². The van der Waals surface area contributed by atoms with E-state index in [0.29, 0.717) is 0 Å². The number of likely N-dealkylation sites (N-methyl/N-ethyl adjacent to an activating group) is 1. The Labute approximate surface area is 95.0 Å². The van der Waals surface area contributed by atoms with Crippen LogP contribution in [0.3, 0.4) is 0 Å². The molecule has 1 amide bonds. The molecule has 1 aliphatic heterocycles. The summed E-state index contributed by atoms with van der Waals surface area (Å²) in [5.41, 5.74) is 0.327. The number of fused-ring (bicyclic) bond motifs is 1. The fourth-order valence-electron chi connectivity index (χ4n) is 1.66. The molecule has 0 aromatic heterocycles. The molecule has 0 fully saturated rings. The predicted molar refractivity (Wildman–Crippen MR) is 62.6 cm³/mol. The third-order valence-electron chi connectivity index (χ3n) is 2.93. The summed E-state index contributed by atoms with van der Waals surface area (Å²) in [6, 6.07) is 7.44. The Hall–Kier alpha value is -1.55. The highest BCUT2D eigenvalue weighted by atomic mass is 16.5. The van der Waals surface area contributed by atoms with Crippen LogP contribution in [-0.2, 0) is 4.79 Å². The van der Waals surface area contributed by atoms with E-state index in [-0.39, 0.29) is 5.91 Å². The molecule has 0 saturated carbocycles. The van der Waals surface area contributed by atoms with Crippen LogP contribution in [0.2, 0.25) is 0 Å². The number of rotatable bonds is 2. The number of hydrogen-bond donors (Lipinski definition) is 2. The van der Waals surface area contributed by atoms with Crippen molar-refractivity contribution in [2.24, 2.45) is 0 Å². The summed E-state index contributed by atoms with van der Waals surface area (Å²) in [6.45, 7) is 3.87. The SMILES string of the molecule is CNC(C)(C)C1Oc2ccccc2NC1=O. The Morgan fingerprint density at radius 2 is 2.06 bits per heavy atom. The van der Waals surface area contributed by atoms with Crippen molar-refractivity contribution in [2.45, 2.75) is 25.5 Å². The predicted octanol–water partition coefficient (Wildman–Crippen LogP) is 1.38. The van der Waals surface area contributed by atoms with Gasteiger partial charge in [0.05, 0.1) is 11.2 Å². The molecule has 4 nitrogen and oxygen atoms in total. The lowest BCUT2D eigenvalue weighted by Gasteiger charge is -2.36. The Kier molecular flexibility index (Phi) is 2.59. The van der Waals surface area contributed by atoms with Gasteiger partial charge in [-0.3, -0.25) is 4.79 Å². The molecule has 1 aromatic carbocycles. The van der Waals surface area contributed by atoms with Crippen LogP contribution in [-0.4, -0.2) is 24.6 Å². The molecule has 4 heteroatoms. The normalized spacial score (nSPS) is 19.7. The van der Waals surface area contributed by atoms with Crippen LogP contribution < -0.4 is 15.4 Å². The van der Waals surface area contributed by atoms with Crippen molar-refractivity contribution in [3.05, 3.63) is 24.3 Å². The molecule has 0 bridgehead atoms. The van der Waals surface area contributed by atoms with Crippen LogP contribution in [0.1, 0.15) is 13.8 Å². The summed E-state index contributed by atoms with van der Waals surface area (Å²) < 4.78 is 5.73. The summed E-state index contributed by atoms with van der Waals surface area (Å²) in [4.78, 5) is 11.9. The Balaban J connectivity index is 2.31. The molecule has 0 saturated heterocycles. The minimum absolute atomic E-state index is 0.113. The zero-order chi connectivity index (χ0) is 11.8. The molecule has 0 spiro atoms. The quantitative estimate of drug-likeness (QED) is 0.791. The largest absolute Gasteiger partial charge is 0.476 e. The molecule has 1 aromatic rings. The van der Waals surface area contributed by atoms with Crippen molar-refractivity contribution in [1.82, 2.24) is 5.32 Å².